The molecule has 4 N–H and O–H groups in total. The third kappa shape index (κ3) is 5.50. The smallest absolute Gasteiger partial charge is 0.124 e. The normalized spacial score (nSPS) is 12.9. The fraction of sp³-hybridized carbons (Fsp3) is 0.455. The van der Waals surface area contributed by atoms with Crippen LogP contribution in [0.5, 0.6) is 0 Å². The number of halogens is 1. The molecule has 6 heteroatoms. The summed E-state index contributed by atoms with van der Waals surface area (Å²) in [5.41, 5.74) is 0.945. The molecule has 1 atom stereocenters. The Labute approximate surface area is 107 Å². The van der Waals surface area contributed by atoms with Gasteiger partial charge < -0.3 is 10.7 Å². The lowest BCUT2D eigenvalue weighted by molar-refractivity contribution is 0.463. The van der Waals surface area contributed by atoms with Gasteiger partial charge in [0.25, 0.3) is 0 Å². The highest BCUT2D eigenvalue weighted by Crippen LogP contribution is 2.15. The van der Waals surface area contributed by atoms with E-state index in [1.54, 1.807) is 12.1 Å². The van der Waals surface area contributed by atoms with Crippen LogP contribution < -0.4 is 6.15 Å². The van der Waals surface area contributed by atoms with Crippen LogP contribution in [0.1, 0.15) is 25.3 Å². The summed E-state index contributed by atoms with van der Waals surface area (Å²) in [5.74, 6) is 0. The first-order valence-electron chi connectivity index (χ1n) is 5.12. The molecule has 0 fully saturated rings. The first-order chi connectivity index (χ1) is 7.43. The fourth-order valence-electron chi connectivity index (χ4n) is 1.46. The van der Waals surface area contributed by atoms with Crippen LogP contribution in [-0.4, -0.2) is 18.3 Å². The van der Waals surface area contributed by atoms with Gasteiger partial charge in [-0.1, -0.05) is 25.5 Å². The van der Waals surface area contributed by atoms with Crippen LogP contribution in [0.4, 0.5) is 0 Å². The maximum atomic E-state index is 10.7. The number of quaternary nitrogens is 1. The second kappa shape index (κ2) is 6.96. The summed E-state index contributed by atoms with van der Waals surface area (Å²) in [4.78, 5) is -0.196. The second-order valence-electron chi connectivity index (χ2n) is 3.69. The monoisotopic (exact) mass is 279 g/mol. The molecule has 0 saturated heterocycles. The Morgan fingerprint density at radius 2 is 1.82 bits per heavy atom. The summed E-state index contributed by atoms with van der Waals surface area (Å²) in [5, 5.41) is 0.0553. The molecule has 0 aliphatic heterocycles. The predicted octanol–water partition coefficient (Wildman–Crippen LogP) is 2.92. The van der Waals surface area contributed by atoms with Crippen molar-refractivity contribution in [1.29, 1.82) is 0 Å². The molecule has 0 saturated carbocycles. The van der Waals surface area contributed by atoms with Crippen molar-refractivity contribution < 1.29 is 13.0 Å². The summed E-state index contributed by atoms with van der Waals surface area (Å²) < 4.78 is 32.1. The average Bonchev–Trinajstić information content (AvgIpc) is 2.17. The van der Waals surface area contributed by atoms with E-state index in [0.29, 0.717) is 6.42 Å². The lowest BCUT2D eigenvalue weighted by Crippen LogP contribution is -2.03. The summed E-state index contributed by atoms with van der Waals surface area (Å²) in [6.07, 6.45) is 2.62. The van der Waals surface area contributed by atoms with Gasteiger partial charge in [0.05, 0.1) is 4.90 Å². The van der Waals surface area contributed by atoms with Crippen LogP contribution in [0.3, 0.4) is 0 Å². The molecular weight excluding hydrogens is 262 g/mol. The van der Waals surface area contributed by atoms with E-state index < -0.39 is 10.1 Å². The van der Waals surface area contributed by atoms with Crippen molar-refractivity contribution in [2.45, 2.75) is 36.5 Å². The topological polar surface area (TPSA) is 93.7 Å². The van der Waals surface area contributed by atoms with Crippen LogP contribution >= 0.6 is 11.6 Å². The highest BCUT2D eigenvalue weighted by atomic mass is 35.5. The molecule has 0 bridgehead atoms. The predicted molar refractivity (Wildman–Crippen MR) is 68.6 cm³/mol. The van der Waals surface area contributed by atoms with E-state index >= 15 is 0 Å². The Bertz CT molecular complexity index is 431. The summed E-state index contributed by atoms with van der Waals surface area (Å²) in [6, 6.07) is 5.92. The zero-order valence-corrected chi connectivity index (χ0v) is 11.6. The van der Waals surface area contributed by atoms with E-state index in [4.69, 9.17) is 11.6 Å². The minimum absolute atomic E-state index is 0. The molecular formula is C11H18ClNO3S. The molecule has 1 rings (SSSR count). The Balaban J connectivity index is 0.00000256. The van der Waals surface area contributed by atoms with Crippen molar-refractivity contribution in [2.75, 3.05) is 0 Å². The van der Waals surface area contributed by atoms with Gasteiger partial charge in [-0.2, -0.15) is 0 Å². The minimum atomic E-state index is -4.34. The van der Waals surface area contributed by atoms with Gasteiger partial charge in [0, 0.05) is 5.38 Å². The van der Waals surface area contributed by atoms with Gasteiger partial charge in [0.15, 0.2) is 0 Å². The number of benzene rings is 1. The van der Waals surface area contributed by atoms with Crippen molar-refractivity contribution in [1.82, 2.24) is 6.15 Å². The van der Waals surface area contributed by atoms with Gasteiger partial charge >= 0.3 is 0 Å². The van der Waals surface area contributed by atoms with Gasteiger partial charge in [0.1, 0.15) is 10.1 Å². The van der Waals surface area contributed by atoms with Crippen molar-refractivity contribution >= 4 is 21.7 Å². The summed E-state index contributed by atoms with van der Waals surface area (Å²) in [7, 11) is -4.34. The lowest BCUT2D eigenvalue weighted by atomic mass is 10.1. The third-order valence-electron chi connectivity index (χ3n) is 2.27. The van der Waals surface area contributed by atoms with E-state index in [2.05, 4.69) is 6.92 Å². The fourth-order valence-corrected chi connectivity index (χ4v) is 2.33. The largest absolute Gasteiger partial charge is 0.744 e. The van der Waals surface area contributed by atoms with Gasteiger partial charge in [-0.15, -0.1) is 11.6 Å². The molecule has 4 nitrogen and oxygen atoms in total. The number of rotatable bonds is 5. The van der Waals surface area contributed by atoms with Crippen molar-refractivity contribution in [3.63, 3.8) is 0 Å². The van der Waals surface area contributed by atoms with Crippen LogP contribution in [-0.2, 0) is 16.5 Å². The molecule has 0 aromatic heterocycles. The Morgan fingerprint density at radius 3 is 2.24 bits per heavy atom. The quantitative estimate of drug-likeness (QED) is 0.663. The van der Waals surface area contributed by atoms with Crippen LogP contribution in [0, 0.1) is 0 Å². The van der Waals surface area contributed by atoms with Gasteiger partial charge in [-0.25, -0.2) is 8.42 Å². The van der Waals surface area contributed by atoms with Gasteiger partial charge in [-0.05, 0) is 30.5 Å². The van der Waals surface area contributed by atoms with E-state index in [9.17, 15) is 13.0 Å². The molecule has 0 aliphatic rings. The molecule has 1 unspecified atom stereocenters. The van der Waals surface area contributed by atoms with Crippen LogP contribution in [0.25, 0.3) is 0 Å². The van der Waals surface area contributed by atoms with Crippen molar-refractivity contribution in [2.24, 2.45) is 0 Å². The van der Waals surface area contributed by atoms with Gasteiger partial charge in [0.2, 0.25) is 0 Å². The molecule has 0 radical (unpaired) electrons. The van der Waals surface area contributed by atoms with Gasteiger partial charge in [-0.3, -0.25) is 0 Å². The Kier molecular flexibility index (Phi) is 6.70. The molecule has 98 valence electrons. The van der Waals surface area contributed by atoms with Crippen molar-refractivity contribution in [3.05, 3.63) is 29.8 Å². The third-order valence-corrected chi connectivity index (χ3v) is 3.49. The van der Waals surface area contributed by atoms with E-state index in [0.717, 1.165) is 18.4 Å². The highest BCUT2D eigenvalue weighted by molar-refractivity contribution is 7.85. The first kappa shape index (κ1) is 16.4. The molecule has 1 aromatic rings. The maximum Gasteiger partial charge on any atom is 0.124 e. The number of hydrogen-bond donors (Lipinski definition) is 1. The minimum Gasteiger partial charge on any atom is -0.744 e. The highest BCUT2D eigenvalue weighted by Gasteiger charge is 2.06. The van der Waals surface area contributed by atoms with E-state index in [1.165, 1.54) is 12.1 Å². The SMILES string of the molecule is CCCC(Cl)Cc1ccc(S(=O)(=O)[O-])cc1.[NH4+]. The Morgan fingerprint density at radius 1 is 1.29 bits per heavy atom. The molecule has 0 spiro atoms. The van der Waals surface area contributed by atoms with Crippen LogP contribution in [0.15, 0.2) is 29.2 Å². The Hall–Kier alpha value is -0.620. The second-order valence-corrected chi connectivity index (χ2v) is 5.69. The molecule has 0 aliphatic carbocycles. The van der Waals surface area contributed by atoms with Crippen LogP contribution in [0.2, 0.25) is 0 Å². The van der Waals surface area contributed by atoms with E-state index in [1.807, 2.05) is 0 Å². The van der Waals surface area contributed by atoms with Crippen molar-refractivity contribution in [3.8, 4) is 0 Å². The first-order valence-corrected chi connectivity index (χ1v) is 6.97. The summed E-state index contributed by atoms with van der Waals surface area (Å²) in [6.45, 7) is 2.06. The standard InChI is InChI=1S/C11H15ClO3S.H3N/c1-2-3-10(12)8-9-4-6-11(7-5-9)16(13,14)15;/h4-7,10H,2-3,8H2,1H3,(H,13,14,15);1H3. The molecule has 17 heavy (non-hydrogen) atoms. The average molecular weight is 280 g/mol. The summed E-state index contributed by atoms with van der Waals surface area (Å²) >= 11 is 6.07. The number of hydrogen-bond acceptors (Lipinski definition) is 3. The maximum absolute atomic E-state index is 10.7. The molecule has 1 aromatic carbocycles. The molecule has 0 amide bonds. The zero-order chi connectivity index (χ0) is 12.2. The number of alkyl halides is 1. The lowest BCUT2D eigenvalue weighted by Gasteiger charge is -2.10. The zero-order valence-electron chi connectivity index (χ0n) is 10.0. The molecule has 0 heterocycles. The van der Waals surface area contributed by atoms with E-state index in [-0.39, 0.29) is 16.4 Å².